The maximum Gasteiger partial charge on any atom is 0.233 e. The van der Waals surface area contributed by atoms with Gasteiger partial charge in [-0.25, -0.2) is 0 Å². The third kappa shape index (κ3) is 2.30. The van der Waals surface area contributed by atoms with E-state index in [0.717, 1.165) is 5.56 Å². The van der Waals surface area contributed by atoms with Crippen LogP contribution >= 0.6 is 0 Å². The second-order valence-electron chi connectivity index (χ2n) is 3.60. The minimum atomic E-state index is -0.127. The molecule has 0 atom stereocenters. The highest BCUT2D eigenvalue weighted by molar-refractivity contribution is 6.08. The van der Waals surface area contributed by atoms with Crippen LogP contribution in [0.25, 0.3) is 0 Å². The van der Waals surface area contributed by atoms with Gasteiger partial charge in [0.05, 0.1) is 7.11 Å². The predicted octanol–water partition coefficient (Wildman–Crippen LogP) is 2.02. The summed E-state index contributed by atoms with van der Waals surface area (Å²) < 4.78 is 4.89. The molecular formula is C13H12N2O2. The fourth-order valence-electron chi connectivity index (χ4n) is 1.52. The fourth-order valence-corrected chi connectivity index (χ4v) is 1.52. The molecule has 0 spiro atoms. The quantitative estimate of drug-likeness (QED) is 0.754. The van der Waals surface area contributed by atoms with E-state index in [2.05, 4.69) is 10.2 Å². The lowest BCUT2D eigenvalue weighted by molar-refractivity contribution is 0.103. The molecule has 0 amide bonds. The van der Waals surface area contributed by atoms with Crippen molar-refractivity contribution in [2.24, 2.45) is 0 Å². The molecule has 4 nitrogen and oxygen atoms in total. The molecule has 1 aromatic carbocycles. The monoisotopic (exact) mass is 228 g/mol. The first-order chi connectivity index (χ1) is 8.22. The van der Waals surface area contributed by atoms with Gasteiger partial charge in [0.2, 0.25) is 11.7 Å². The van der Waals surface area contributed by atoms with Crippen molar-refractivity contribution in [3.05, 3.63) is 53.2 Å². The van der Waals surface area contributed by atoms with Crippen LogP contribution in [0, 0.1) is 6.92 Å². The number of hydrogen-bond acceptors (Lipinski definition) is 4. The van der Waals surface area contributed by atoms with Crippen molar-refractivity contribution < 1.29 is 9.53 Å². The fraction of sp³-hybridized carbons (Fsp3) is 0.154. The summed E-state index contributed by atoms with van der Waals surface area (Å²) in [6.45, 7) is 1.89. The van der Waals surface area contributed by atoms with E-state index in [9.17, 15) is 4.79 Å². The van der Waals surface area contributed by atoms with Crippen molar-refractivity contribution in [3.8, 4) is 5.88 Å². The van der Waals surface area contributed by atoms with E-state index >= 15 is 0 Å². The van der Waals surface area contributed by atoms with Crippen molar-refractivity contribution in [2.75, 3.05) is 7.11 Å². The van der Waals surface area contributed by atoms with Crippen LogP contribution in [-0.2, 0) is 0 Å². The summed E-state index contributed by atoms with van der Waals surface area (Å²) in [7, 11) is 1.51. The predicted molar refractivity (Wildman–Crippen MR) is 63.2 cm³/mol. The normalized spacial score (nSPS) is 10.0. The molecule has 0 saturated heterocycles. The van der Waals surface area contributed by atoms with Crippen molar-refractivity contribution in [1.29, 1.82) is 0 Å². The molecule has 0 aliphatic heterocycles. The highest BCUT2D eigenvalue weighted by atomic mass is 16.5. The van der Waals surface area contributed by atoms with Gasteiger partial charge in [0.25, 0.3) is 0 Å². The standard InChI is InChI=1S/C13H12N2O2/c1-9-5-3-4-6-10(9)13(16)11-7-8-12(17-2)15-14-11/h3-8H,1-2H3. The summed E-state index contributed by atoms with van der Waals surface area (Å²) in [5, 5.41) is 7.62. The zero-order valence-electron chi connectivity index (χ0n) is 9.68. The number of aryl methyl sites for hydroxylation is 1. The van der Waals surface area contributed by atoms with Gasteiger partial charge in [-0.1, -0.05) is 24.3 Å². The van der Waals surface area contributed by atoms with Crippen LogP contribution in [0.15, 0.2) is 36.4 Å². The highest BCUT2D eigenvalue weighted by Crippen LogP contribution is 2.13. The van der Waals surface area contributed by atoms with E-state index in [-0.39, 0.29) is 5.78 Å². The first-order valence-corrected chi connectivity index (χ1v) is 5.20. The zero-order valence-corrected chi connectivity index (χ0v) is 9.68. The Morgan fingerprint density at radius 3 is 2.47 bits per heavy atom. The molecule has 1 heterocycles. The van der Waals surface area contributed by atoms with Gasteiger partial charge in [0.15, 0.2) is 0 Å². The second-order valence-corrected chi connectivity index (χ2v) is 3.60. The Hall–Kier alpha value is -2.23. The van der Waals surface area contributed by atoms with E-state index in [1.807, 2.05) is 25.1 Å². The molecule has 4 heteroatoms. The number of rotatable bonds is 3. The number of aromatic nitrogens is 2. The summed E-state index contributed by atoms with van der Waals surface area (Å²) in [4.78, 5) is 12.1. The number of carbonyl (C=O) groups excluding carboxylic acids is 1. The molecule has 17 heavy (non-hydrogen) atoms. The molecule has 0 aliphatic rings. The van der Waals surface area contributed by atoms with Gasteiger partial charge >= 0.3 is 0 Å². The first kappa shape index (κ1) is 11.3. The van der Waals surface area contributed by atoms with E-state index in [0.29, 0.717) is 17.1 Å². The molecular weight excluding hydrogens is 216 g/mol. The molecule has 0 radical (unpaired) electrons. The molecule has 0 bridgehead atoms. The van der Waals surface area contributed by atoms with Crippen molar-refractivity contribution in [1.82, 2.24) is 10.2 Å². The minimum Gasteiger partial charge on any atom is -0.480 e. The van der Waals surface area contributed by atoms with Gasteiger partial charge < -0.3 is 4.74 Å². The van der Waals surface area contributed by atoms with Crippen LogP contribution < -0.4 is 4.74 Å². The Labute approximate surface area is 99.3 Å². The average molecular weight is 228 g/mol. The van der Waals surface area contributed by atoms with Crippen LogP contribution in [0.2, 0.25) is 0 Å². The largest absolute Gasteiger partial charge is 0.480 e. The maximum atomic E-state index is 12.1. The molecule has 1 aromatic heterocycles. The van der Waals surface area contributed by atoms with Crippen LogP contribution in [0.1, 0.15) is 21.6 Å². The summed E-state index contributed by atoms with van der Waals surface area (Å²) in [6.07, 6.45) is 0. The van der Waals surface area contributed by atoms with Crippen molar-refractivity contribution >= 4 is 5.78 Å². The van der Waals surface area contributed by atoms with Gasteiger partial charge in [-0.05, 0) is 18.6 Å². The van der Waals surface area contributed by atoms with Crippen LogP contribution in [-0.4, -0.2) is 23.1 Å². The van der Waals surface area contributed by atoms with Gasteiger partial charge in [-0.2, -0.15) is 0 Å². The van der Waals surface area contributed by atoms with Gasteiger partial charge in [-0.15, -0.1) is 10.2 Å². The number of ketones is 1. The zero-order chi connectivity index (χ0) is 12.3. The number of ether oxygens (including phenoxy) is 1. The summed E-state index contributed by atoms with van der Waals surface area (Å²) >= 11 is 0. The SMILES string of the molecule is COc1ccc(C(=O)c2ccccc2C)nn1. The summed E-state index contributed by atoms with van der Waals surface area (Å²) in [5.74, 6) is 0.268. The molecule has 86 valence electrons. The van der Waals surface area contributed by atoms with E-state index in [1.54, 1.807) is 18.2 Å². The Morgan fingerprint density at radius 2 is 1.88 bits per heavy atom. The second kappa shape index (κ2) is 4.74. The van der Waals surface area contributed by atoms with Gasteiger partial charge in [-0.3, -0.25) is 4.79 Å². The molecule has 0 fully saturated rings. The molecule has 0 N–H and O–H groups in total. The molecule has 0 aliphatic carbocycles. The Kier molecular flexibility index (Phi) is 3.14. The first-order valence-electron chi connectivity index (χ1n) is 5.20. The molecule has 2 rings (SSSR count). The molecule has 2 aromatic rings. The molecule has 0 saturated carbocycles. The minimum absolute atomic E-state index is 0.127. The Morgan fingerprint density at radius 1 is 1.12 bits per heavy atom. The lowest BCUT2D eigenvalue weighted by Gasteiger charge is -2.03. The number of carbonyl (C=O) groups is 1. The van der Waals surface area contributed by atoms with E-state index in [1.165, 1.54) is 7.11 Å². The smallest absolute Gasteiger partial charge is 0.233 e. The lowest BCUT2D eigenvalue weighted by Crippen LogP contribution is -2.07. The van der Waals surface area contributed by atoms with Crippen molar-refractivity contribution in [3.63, 3.8) is 0 Å². The Balaban J connectivity index is 2.34. The van der Waals surface area contributed by atoms with E-state index < -0.39 is 0 Å². The maximum absolute atomic E-state index is 12.1. The van der Waals surface area contributed by atoms with Crippen LogP contribution in [0.3, 0.4) is 0 Å². The number of benzene rings is 1. The van der Waals surface area contributed by atoms with Gasteiger partial charge in [0.1, 0.15) is 5.69 Å². The van der Waals surface area contributed by atoms with Crippen LogP contribution in [0.5, 0.6) is 5.88 Å². The third-order valence-corrected chi connectivity index (χ3v) is 2.47. The Bertz CT molecular complexity index is 535. The lowest BCUT2D eigenvalue weighted by atomic mass is 10.0. The third-order valence-electron chi connectivity index (χ3n) is 2.47. The van der Waals surface area contributed by atoms with E-state index in [4.69, 9.17) is 4.74 Å². The number of hydrogen-bond donors (Lipinski definition) is 0. The molecule has 0 unspecified atom stereocenters. The number of methoxy groups -OCH3 is 1. The highest BCUT2D eigenvalue weighted by Gasteiger charge is 2.13. The summed E-state index contributed by atoms with van der Waals surface area (Å²) in [5.41, 5.74) is 1.89. The summed E-state index contributed by atoms with van der Waals surface area (Å²) in [6, 6.07) is 10.6. The van der Waals surface area contributed by atoms with Crippen molar-refractivity contribution in [2.45, 2.75) is 6.92 Å². The number of nitrogens with zero attached hydrogens (tertiary/aromatic N) is 2. The average Bonchev–Trinajstić information content (AvgIpc) is 2.39. The van der Waals surface area contributed by atoms with Gasteiger partial charge in [0, 0.05) is 11.6 Å². The van der Waals surface area contributed by atoms with Crippen LogP contribution in [0.4, 0.5) is 0 Å². The topological polar surface area (TPSA) is 52.1 Å².